The molecule has 1 aromatic carbocycles. The molecule has 0 saturated carbocycles. The molecular formula is C12H18ClNO3S. The van der Waals surface area contributed by atoms with Crippen molar-refractivity contribution in [3.05, 3.63) is 23.2 Å². The van der Waals surface area contributed by atoms with Gasteiger partial charge in [0.2, 0.25) is 0 Å². The van der Waals surface area contributed by atoms with Crippen molar-refractivity contribution < 1.29 is 13.2 Å². The summed E-state index contributed by atoms with van der Waals surface area (Å²) in [7, 11) is -3.41. The van der Waals surface area contributed by atoms with Crippen molar-refractivity contribution in [2.75, 3.05) is 24.7 Å². The zero-order chi connectivity index (χ0) is 13.6. The molecular weight excluding hydrogens is 274 g/mol. The first-order chi connectivity index (χ1) is 8.47. The molecule has 0 radical (unpaired) electrons. The topological polar surface area (TPSA) is 69.4 Å². The van der Waals surface area contributed by atoms with Gasteiger partial charge in [-0.15, -0.1) is 0 Å². The average molecular weight is 292 g/mol. The molecule has 0 aliphatic rings. The molecule has 0 bridgehead atoms. The molecule has 0 fully saturated rings. The Kier molecular flexibility index (Phi) is 5.91. The van der Waals surface area contributed by atoms with Gasteiger partial charge in [-0.05, 0) is 24.6 Å². The van der Waals surface area contributed by atoms with Crippen molar-refractivity contribution in [3.63, 3.8) is 0 Å². The van der Waals surface area contributed by atoms with Crippen molar-refractivity contribution in [1.82, 2.24) is 0 Å². The molecule has 0 unspecified atom stereocenters. The predicted molar refractivity (Wildman–Crippen MR) is 73.6 cm³/mol. The second kappa shape index (κ2) is 6.97. The smallest absolute Gasteiger partial charge is 0.182 e. The van der Waals surface area contributed by atoms with E-state index in [1.807, 2.05) is 6.92 Å². The Balaban J connectivity index is 2.63. The molecule has 0 aliphatic heterocycles. The van der Waals surface area contributed by atoms with Crippen LogP contribution in [0.4, 0.5) is 5.69 Å². The van der Waals surface area contributed by atoms with Gasteiger partial charge in [0.25, 0.3) is 0 Å². The maximum atomic E-state index is 12.0. The highest BCUT2D eigenvalue weighted by Crippen LogP contribution is 2.24. The van der Waals surface area contributed by atoms with E-state index in [0.29, 0.717) is 12.3 Å². The molecule has 4 nitrogen and oxygen atoms in total. The van der Waals surface area contributed by atoms with Gasteiger partial charge in [-0.3, -0.25) is 0 Å². The number of halogens is 1. The molecule has 1 aromatic rings. The fraction of sp³-hybridized carbons (Fsp3) is 0.500. The first-order valence-electron chi connectivity index (χ1n) is 5.83. The third kappa shape index (κ3) is 4.48. The molecule has 0 saturated heterocycles. The number of sulfone groups is 1. The molecule has 0 atom stereocenters. The van der Waals surface area contributed by atoms with Crippen molar-refractivity contribution >= 4 is 27.1 Å². The minimum Gasteiger partial charge on any atom is -0.399 e. The monoisotopic (exact) mass is 291 g/mol. The van der Waals surface area contributed by atoms with Gasteiger partial charge in [-0.1, -0.05) is 24.9 Å². The first kappa shape index (κ1) is 15.3. The number of hydrogen-bond acceptors (Lipinski definition) is 4. The Hall–Kier alpha value is -0.780. The highest BCUT2D eigenvalue weighted by molar-refractivity contribution is 7.91. The van der Waals surface area contributed by atoms with E-state index in [2.05, 4.69) is 0 Å². The fourth-order valence-electron chi connectivity index (χ4n) is 1.40. The number of rotatable bonds is 7. The summed E-state index contributed by atoms with van der Waals surface area (Å²) >= 11 is 5.88. The summed E-state index contributed by atoms with van der Waals surface area (Å²) in [5, 5.41) is 0.156. The van der Waals surface area contributed by atoms with Crippen LogP contribution in [-0.2, 0) is 14.6 Å². The molecule has 6 heteroatoms. The number of nitrogen functional groups attached to an aromatic ring is 1. The van der Waals surface area contributed by atoms with Crippen LogP contribution >= 0.6 is 11.6 Å². The van der Waals surface area contributed by atoms with Crippen LogP contribution in [0.1, 0.15) is 19.8 Å². The number of ether oxygens (including phenoxy) is 1. The van der Waals surface area contributed by atoms with Gasteiger partial charge >= 0.3 is 0 Å². The van der Waals surface area contributed by atoms with Crippen LogP contribution in [-0.4, -0.2) is 27.4 Å². The quantitative estimate of drug-likeness (QED) is 0.619. The summed E-state index contributed by atoms with van der Waals surface area (Å²) in [5.74, 6) is -0.0691. The van der Waals surface area contributed by atoms with Crippen LogP contribution < -0.4 is 5.73 Å². The lowest BCUT2D eigenvalue weighted by Crippen LogP contribution is -2.13. The van der Waals surface area contributed by atoms with E-state index in [4.69, 9.17) is 22.1 Å². The minimum atomic E-state index is -3.41. The summed E-state index contributed by atoms with van der Waals surface area (Å²) < 4.78 is 29.2. The molecule has 0 amide bonds. The Labute approximate surface area is 113 Å². The summed E-state index contributed by atoms with van der Waals surface area (Å²) in [4.78, 5) is 0.109. The number of benzene rings is 1. The van der Waals surface area contributed by atoms with E-state index in [9.17, 15) is 8.42 Å². The van der Waals surface area contributed by atoms with Gasteiger partial charge in [0.05, 0.1) is 22.3 Å². The molecule has 0 heterocycles. The second-order valence-electron chi connectivity index (χ2n) is 3.97. The molecule has 0 spiro atoms. The van der Waals surface area contributed by atoms with E-state index < -0.39 is 9.84 Å². The second-order valence-corrected chi connectivity index (χ2v) is 6.46. The largest absolute Gasteiger partial charge is 0.399 e. The van der Waals surface area contributed by atoms with Gasteiger partial charge < -0.3 is 10.5 Å². The van der Waals surface area contributed by atoms with Crippen molar-refractivity contribution in [3.8, 4) is 0 Å². The normalized spacial score (nSPS) is 11.7. The van der Waals surface area contributed by atoms with E-state index in [-0.39, 0.29) is 22.3 Å². The summed E-state index contributed by atoms with van der Waals surface area (Å²) in [6.45, 7) is 2.82. The SMILES string of the molecule is CCCCOCCS(=O)(=O)c1ccc(N)cc1Cl. The Morgan fingerprint density at radius 2 is 2.06 bits per heavy atom. The third-order valence-corrected chi connectivity index (χ3v) is 4.58. The van der Waals surface area contributed by atoms with Crippen LogP contribution in [0.2, 0.25) is 5.02 Å². The number of nitrogens with two attached hydrogens (primary N) is 1. The highest BCUT2D eigenvalue weighted by atomic mass is 35.5. The lowest BCUT2D eigenvalue weighted by Gasteiger charge is -2.07. The summed E-state index contributed by atoms with van der Waals surface area (Å²) in [6.07, 6.45) is 1.96. The van der Waals surface area contributed by atoms with Gasteiger partial charge in [0.1, 0.15) is 0 Å². The van der Waals surface area contributed by atoms with E-state index in [1.165, 1.54) is 18.2 Å². The van der Waals surface area contributed by atoms with Crippen LogP contribution in [0.5, 0.6) is 0 Å². The zero-order valence-electron chi connectivity index (χ0n) is 10.4. The van der Waals surface area contributed by atoms with Gasteiger partial charge in [0.15, 0.2) is 9.84 Å². The van der Waals surface area contributed by atoms with E-state index in [0.717, 1.165) is 12.8 Å². The number of unbranched alkanes of at least 4 members (excludes halogenated alkanes) is 1. The minimum absolute atomic E-state index is 0.0691. The number of anilines is 1. The fourth-order valence-corrected chi connectivity index (χ4v) is 3.13. The van der Waals surface area contributed by atoms with Crippen LogP contribution in [0.25, 0.3) is 0 Å². The molecule has 18 heavy (non-hydrogen) atoms. The van der Waals surface area contributed by atoms with Crippen molar-refractivity contribution in [2.24, 2.45) is 0 Å². The van der Waals surface area contributed by atoms with E-state index >= 15 is 0 Å². The lowest BCUT2D eigenvalue weighted by molar-refractivity contribution is 0.146. The van der Waals surface area contributed by atoms with Gasteiger partial charge in [-0.25, -0.2) is 8.42 Å². The summed E-state index contributed by atoms with van der Waals surface area (Å²) in [6, 6.07) is 4.39. The van der Waals surface area contributed by atoms with Gasteiger partial charge in [-0.2, -0.15) is 0 Å². The van der Waals surface area contributed by atoms with E-state index in [1.54, 1.807) is 0 Å². The molecule has 1 rings (SSSR count). The van der Waals surface area contributed by atoms with Crippen molar-refractivity contribution in [1.29, 1.82) is 0 Å². The first-order valence-corrected chi connectivity index (χ1v) is 7.86. The van der Waals surface area contributed by atoms with Crippen LogP contribution in [0.15, 0.2) is 23.1 Å². The Morgan fingerprint density at radius 1 is 1.33 bits per heavy atom. The lowest BCUT2D eigenvalue weighted by atomic mass is 10.3. The molecule has 2 N–H and O–H groups in total. The Morgan fingerprint density at radius 3 is 2.67 bits per heavy atom. The maximum Gasteiger partial charge on any atom is 0.182 e. The molecule has 0 aromatic heterocycles. The van der Waals surface area contributed by atoms with Crippen LogP contribution in [0, 0.1) is 0 Å². The standard InChI is InChI=1S/C12H18ClNO3S/c1-2-3-6-17-7-8-18(15,16)12-5-4-10(14)9-11(12)13/h4-5,9H,2-3,6-8,14H2,1H3. The maximum absolute atomic E-state index is 12.0. The summed E-state index contributed by atoms with van der Waals surface area (Å²) in [5.41, 5.74) is 5.96. The molecule has 0 aliphatic carbocycles. The van der Waals surface area contributed by atoms with Gasteiger partial charge in [0, 0.05) is 12.3 Å². The zero-order valence-corrected chi connectivity index (χ0v) is 11.9. The van der Waals surface area contributed by atoms with Crippen molar-refractivity contribution in [2.45, 2.75) is 24.7 Å². The van der Waals surface area contributed by atoms with Crippen LogP contribution in [0.3, 0.4) is 0 Å². The Bertz CT molecular complexity index is 488. The number of hydrogen-bond donors (Lipinski definition) is 1. The predicted octanol–water partition coefficient (Wildman–Crippen LogP) is 2.51. The molecule has 102 valence electrons. The highest BCUT2D eigenvalue weighted by Gasteiger charge is 2.17. The average Bonchev–Trinajstić information content (AvgIpc) is 2.28. The third-order valence-electron chi connectivity index (χ3n) is 2.43.